The number of hydrogen-bond acceptors (Lipinski definition) is 0. The molecule has 158 valence electrons. The van der Waals surface area contributed by atoms with E-state index in [1.54, 1.807) is 0 Å². The van der Waals surface area contributed by atoms with E-state index in [-0.39, 0.29) is 5.92 Å². The van der Waals surface area contributed by atoms with Gasteiger partial charge in [0.1, 0.15) is 5.82 Å². The summed E-state index contributed by atoms with van der Waals surface area (Å²) in [5.41, 5.74) is -0.514. The summed E-state index contributed by atoms with van der Waals surface area (Å²) in [5.74, 6) is 7.37. The largest absolute Gasteiger partial charge is 0.419 e. The highest BCUT2D eigenvalue weighted by molar-refractivity contribution is 5.29. The van der Waals surface area contributed by atoms with Crippen LogP contribution in [0.5, 0.6) is 0 Å². The first-order valence-corrected chi connectivity index (χ1v) is 10.9. The number of benzene rings is 1. The highest BCUT2D eigenvalue weighted by atomic mass is 19.4. The Morgan fingerprint density at radius 1 is 1.00 bits per heavy atom. The normalized spacial score (nSPS) is 28.2. The molecule has 0 unspecified atom stereocenters. The van der Waals surface area contributed by atoms with Crippen molar-refractivity contribution in [3.63, 3.8) is 0 Å². The molecule has 0 heterocycles. The zero-order valence-electron chi connectivity index (χ0n) is 17.1. The zero-order chi connectivity index (χ0) is 20.9. The zero-order valence-corrected chi connectivity index (χ0v) is 17.1. The number of hydrogen-bond donors (Lipinski definition) is 0. The van der Waals surface area contributed by atoms with E-state index in [1.165, 1.54) is 38.2 Å². The van der Waals surface area contributed by atoms with Crippen molar-refractivity contribution in [1.82, 2.24) is 0 Å². The van der Waals surface area contributed by atoms with Gasteiger partial charge >= 0.3 is 6.18 Å². The summed E-state index contributed by atoms with van der Waals surface area (Å²) in [6, 6.07) is 3.36. The first kappa shape index (κ1) is 21.9. The number of rotatable bonds is 3. The molecule has 2 fully saturated rings. The van der Waals surface area contributed by atoms with Crippen LogP contribution in [-0.2, 0) is 6.18 Å². The van der Waals surface area contributed by atoms with Gasteiger partial charge in [-0.15, -0.1) is 0 Å². The van der Waals surface area contributed by atoms with Crippen LogP contribution in [0.4, 0.5) is 17.6 Å². The van der Waals surface area contributed by atoms with Gasteiger partial charge < -0.3 is 0 Å². The molecule has 0 N–H and O–H groups in total. The molecular weight excluding hydrogens is 376 g/mol. The van der Waals surface area contributed by atoms with Gasteiger partial charge in [-0.25, -0.2) is 4.39 Å². The molecule has 29 heavy (non-hydrogen) atoms. The molecule has 0 saturated heterocycles. The molecule has 1 aromatic rings. The maximum atomic E-state index is 13.8. The molecule has 0 aliphatic heterocycles. The fourth-order valence-corrected chi connectivity index (χ4v) is 4.73. The topological polar surface area (TPSA) is 0 Å². The van der Waals surface area contributed by atoms with Gasteiger partial charge in [0.2, 0.25) is 0 Å². The Hall–Kier alpha value is -1.76. The minimum Gasteiger partial charge on any atom is -0.206 e. The molecule has 1 aromatic carbocycles. The van der Waals surface area contributed by atoms with E-state index in [0.717, 1.165) is 43.7 Å². The highest BCUT2D eigenvalue weighted by Gasteiger charge is 2.34. The molecule has 2 aliphatic rings. The average molecular weight is 407 g/mol. The van der Waals surface area contributed by atoms with E-state index in [9.17, 15) is 17.6 Å². The van der Waals surface area contributed by atoms with Crippen LogP contribution in [-0.4, -0.2) is 0 Å². The number of allylic oxidation sites excluding steroid dienone is 2. The predicted octanol–water partition coefficient (Wildman–Crippen LogP) is 7.89. The van der Waals surface area contributed by atoms with Gasteiger partial charge in [-0.2, -0.15) is 13.2 Å². The lowest BCUT2D eigenvalue weighted by Gasteiger charge is -2.26. The molecule has 0 amide bonds. The molecule has 0 spiro atoms. The summed E-state index contributed by atoms with van der Waals surface area (Å²) in [4.78, 5) is 0. The van der Waals surface area contributed by atoms with Gasteiger partial charge in [0.15, 0.2) is 0 Å². The van der Waals surface area contributed by atoms with Gasteiger partial charge in [-0.3, -0.25) is 0 Å². The van der Waals surface area contributed by atoms with Crippen LogP contribution in [0.25, 0.3) is 0 Å². The van der Waals surface area contributed by atoms with Crippen molar-refractivity contribution in [3.8, 4) is 11.8 Å². The third-order valence-electron chi connectivity index (χ3n) is 6.71. The molecule has 0 aromatic heterocycles. The van der Waals surface area contributed by atoms with Gasteiger partial charge in [-0.1, -0.05) is 37.3 Å². The van der Waals surface area contributed by atoms with Gasteiger partial charge in [0.25, 0.3) is 0 Å². The van der Waals surface area contributed by atoms with Crippen LogP contribution in [0.15, 0.2) is 30.4 Å². The van der Waals surface area contributed by atoms with E-state index >= 15 is 0 Å². The summed E-state index contributed by atoms with van der Waals surface area (Å²) in [6.07, 6.45) is 9.62. The van der Waals surface area contributed by atoms with Crippen LogP contribution < -0.4 is 0 Å². The van der Waals surface area contributed by atoms with E-state index in [2.05, 4.69) is 24.8 Å². The Labute approximate surface area is 171 Å². The van der Waals surface area contributed by atoms with Crippen molar-refractivity contribution < 1.29 is 17.6 Å². The van der Waals surface area contributed by atoms with Crippen LogP contribution in [0.3, 0.4) is 0 Å². The minimum absolute atomic E-state index is 0.120. The summed E-state index contributed by atoms with van der Waals surface area (Å²) >= 11 is 0. The van der Waals surface area contributed by atoms with Crippen molar-refractivity contribution in [2.24, 2.45) is 17.8 Å². The average Bonchev–Trinajstić information content (AvgIpc) is 2.71. The van der Waals surface area contributed by atoms with Gasteiger partial charge in [0.05, 0.1) is 5.56 Å². The predicted molar refractivity (Wildman–Crippen MR) is 109 cm³/mol. The lowest BCUT2D eigenvalue weighted by molar-refractivity contribution is -0.140. The minimum atomic E-state index is -4.64. The molecule has 3 rings (SSSR count). The molecule has 2 saturated carbocycles. The van der Waals surface area contributed by atoms with E-state index in [1.807, 2.05) is 6.08 Å². The fraction of sp³-hybridized carbons (Fsp3) is 0.600. The Morgan fingerprint density at radius 3 is 2.28 bits per heavy atom. The molecule has 0 radical (unpaired) electrons. The summed E-state index contributed by atoms with van der Waals surface area (Å²) in [7, 11) is 0. The van der Waals surface area contributed by atoms with Gasteiger partial charge in [-0.05, 0) is 92.9 Å². The van der Waals surface area contributed by atoms with Crippen LogP contribution in [0.1, 0.15) is 81.8 Å². The first-order chi connectivity index (χ1) is 13.9. The van der Waals surface area contributed by atoms with Crippen molar-refractivity contribution in [1.29, 1.82) is 0 Å². The van der Waals surface area contributed by atoms with Crippen LogP contribution >= 0.6 is 0 Å². The van der Waals surface area contributed by atoms with E-state index < -0.39 is 17.6 Å². The SMILES string of the molecule is CC[C@H]1CC[C@H](C=CC#C[C@H]2CC[C@H](c3ccc(C(F)(F)F)c(F)c3)CC2)CC1. The van der Waals surface area contributed by atoms with E-state index in [0.29, 0.717) is 17.4 Å². The Kier molecular flexibility index (Phi) is 7.44. The van der Waals surface area contributed by atoms with Crippen molar-refractivity contribution in [2.75, 3.05) is 0 Å². The maximum absolute atomic E-state index is 13.8. The molecule has 0 bridgehead atoms. The summed E-state index contributed by atoms with van der Waals surface area (Å²) in [5, 5.41) is 0. The van der Waals surface area contributed by atoms with Crippen LogP contribution in [0, 0.1) is 35.4 Å². The molecule has 0 atom stereocenters. The lowest BCUT2D eigenvalue weighted by Crippen LogP contribution is -2.14. The summed E-state index contributed by atoms with van der Waals surface area (Å²) < 4.78 is 52.0. The van der Waals surface area contributed by atoms with Crippen molar-refractivity contribution >= 4 is 0 Å². The quantitative estimate of drug-likeness (QED) is 0.354. The second-order valence-electron chi connectivity index (χ2n) is 8.62. The Bertz CT molecular complexity index is 749. The lowest BCUT2D eigenvalue weighted by atomic mass is 9.78. The van der Waals surface area contributed by atoms with Crippen molar-refractivity contribution in [3.05, 3.63) is 47.3 Å². The molecular formula is C25H30F4. The third kappa shape index (κ3) is 6.11. The molecule has 4 heteroatoms. The number of alkyl halides is 3. The van der Waals surface area contributed by atoms with Crippen molar-refractivity contribution in [2.45, 2.75) is 76.8 Å². The third-order valence-corrected chi connectivity index (χ3v) is 6.71. The van der Waals surface area contributed by atoms with Crippen LogP contribution in [0.2, 0.25) is 0 Å². The Morgan fingerprint density at radius 2 is 1.69 bits per heavy atom. The smallest absolute Gasteiger partial charge is 0.206 e. The fourth-order valence-electron chi connectivity index (χ4n) is 4.73. The second-order valence-corrected chi connectivity index (χ2v) is 8.62. The standard InChI is InChI=1S/C25H30F4/c1-2-18-7-9-19(10-8-18)5-3-4-6-20-11-13-21(14-12-20)22-15-16-23(24(26)17-22)25(27,28)29/h3,5,15-21H,2,7-14H2,1H3/t18-,19-,20-,21-. The molecule has 2 aliphatic carbocycles. The second kappa shape index (κ2) is 9.83. The van der Waals surface area contributed by atoms with Gasteiger partial charge in [0, 0.05) is 5.92 Å². The number of halogens is 4. The Balaban J connectivity index is 1.47. The monoisotopic (exact) mass is 406 g/mol. The maximum Gasteiger partial charge on any atom is 0.419 e. The highest BCUT2D eigenvalue weighted by Crippen LogP contribution is 2.38. The molecule has 0 nitrogen and oxygen atoms in total. The van der Waals surface area contributed by atoms with E-state index in [4.69, 9.17) is 0 Å². The first-order valence-electron chi connectivity index (χ1n) is 10.9. The summed E-state index contributed by atoms with van der Waals surface area (Å²) in [6.45, 7) is 2.27.